The van der Waals surface area contributed by atoms with E-state index < -0.39 is 0 Å². The molecule has 2 aromatic rings. The summed E-state index contributed by atoms with van der Waals surface area (Å²) in [7, 11) is 0. The molecule has 0 fully saturated rings. The SMILES string of the molecule is CCOc1cccc(Sc2ccccc2Br)c1N. The van der Waals surface area contributed by atoms with Gasteiger partial charge in [-0.25, -0.2) is 0 Å². The first-order chi connectivity index (χ1) is 8.72. The molecule has 0 atom stereocenters. The van der Waals surface area contributed by atoms with Gasteiger partial charge < -0.3 is 10.5 Å². The zero-order chi connectivity index (χ0) is 13.0. The van der Waals surface area contributed by atoms with Crippen molar-refractivity contribution in [2.75, 3.05) is 12.3 Å². The fraction of sp³-hybridized carbons (Fsp3) is 0.143. The van der Waals surface area contributed by atoms with Gasteiger partial charge in [0, 0.05) is 14.3 Å². The average Bonchev–Trinajstić information content (AvgIpc) is 2.37. The molecule has 0 aliphatic carbocycles. The van der Waals surface area contributed by atoms with E-state index in [0.29, 0.717) is 12.3 Å². The Kier molecular flexibility index (Phi) is 4.55. The first-order valence-electron chi connectivity index (χ1n) is 5.66. The fourth-order valence-electron chi connectivity index (χ4n) is 1.54. The lowest BCUT2D eigenvalue weighted by Crippen LogP contribution is -1.97. The third-order valence-corrected chi connectivity index (χ3v) is 4.49. The van der Waals surface area contributed by atoms with Crippen molar-refractivity contribution in [2.24, 2.45) is 0 Å². The Balaban J connectivity index is 2.30. The normalized spacial score (nSPS) is 10.3. The Hall–Kier alpha value is -1.13. The summed E-state index contributed by atoms with van der Waals surface area (Å²) in [5.74, 6) is 0.745. The van der Waals surface area contributed by atoms with Crippen LogP contribution in [0, 0.1) is 0 Å². The monoisotopic (exact) mass is 323 g/mol. The van der Waals surface area contributed by atoms with E-state index in [0.717, 1.165) is 20.0 Å². The highest BCUT2D eigenvalue weighted by Crippen LogP contribution is 2.39. The second kappa shape index (κ2) is 6.16. The molecule has 2 rings (SSSR count). The van der Waals surface area contributed by atoms with E-state index in [1.54, 1.807) is 11.8 Å². The van der Waals surface area contributed by atoms with Gasteiger partial charge in [0.25, 0.3) is 0 Å². The molecule has 0 unspecified atom stereocenters. The number of halogens is 1. The molecule has 2 aromatic carbocycles. The first-order valence-corrected chi connectivity index (χ1v) is 7.27. The second-order valence-electron chi connectivity index (χ2n) is 3.63. The van der Waals surface area contributed by atoms with Gasteiger partial charge >= 0.3 is 0 Å². The van der Waals surface area contributed by atoms with Crippen LogP contribution in [-0.4, -0.2) is 6.61 Å². The van der Waals surface area contributed by atoms with Crippen LogP contribution in [0.2, 0.25) is 0 Å². The number of nitrogen functional groups attached to an aromatic ring is 1. The zero-order valence-corrected chi connectivity index (χ0v) is 12.4. The van der Waals surface area contributed by atoms with Crippen LogP contribution >= 0.6 is 27.7 Å². The molecule has 0 saturated heterocycles. The van der Waals surface area contributed by atoms with Crippen molar-refractivity contribution in [1.29, 1.82) is 0 Å². The lowest BCUT2D eigenvalue weighted by Gasteiger charge is -2.11. The van der Waals surface area contributed by atoms with E-state index in [4.69, 9.17) is 10.5 Å². The number of anilines is 1. The molecule has 4 heteroatoms. The molecular formula is C14H14BrNOS. The third kappa shape index (κ3) is 3.00. The van der Waals surface area contributed by atoms with E-state index in [1.165, 1.54) is 0 Å². The van der Waals surface area contributed by atoms with Gasteiger partial charge in [-0.1, -0.05) is 30.0 Å². The summed E-state index contributed by atoms with van der Waals surface area (Å²) in [5.41, 5.74) is 6.80. The standard InChI is InChI=1S/C14H14BrNOS/c1-2-17-11-7-5-9-13(14(11)16)18-12-8-4-3-6-10(12)15/h3-9H,2,16H2,1H3. The molecule has 0 amide bonds. The largest absolute Gasteiger partial charge is 0.492 e. The number of para-hydroxylation sites is 1. The molecule has 0 spiro atoms. The molecule has 94 valence electrons. The number of ether oxygens (including phenoxy) is 1. The van der Waals surface area contributed by atoms with Gasteiger partial charge in [-0.15, -0.1) is 0 Å². The number of nitrogens with two attached hydrogens (primary N) is 1. The molecule has 2 nitrogen and oxygen atoms in total. The van der Waals surface area contributed by atoms with Crippen molar-refractivity contribution in [3.05, 3.63) is 46.9 Å². The van der Waals surface area contributed by atoms with E-state index in [-0.39, 0.29) is 0 Å². The van der Waals surface area contributed by atoms with Crippen molar-refractivity contribution in [2.45, 2.75) is 16.7 Å². The van der Waals surface area contributed by atoms with Gasteiger partial charge in [0.1, 0.15) is 5.75 Å². The van der Waals surface area contributed by atoms with Crippen LogP contribution in [0.4, 0.5) is 5.69 Å². The van der Waals surface area contributed by atoms with Crippen LogP contribution in [-0.2, 0) is 0 Å². The number of rotatable bonds is 4. The van der Waals surface area contributed by atoms with Crippen molar-refractivity contribution >= 4 is 33.4 Å². The second-order valence-corrected chi connectivity index (χ2v) is 5.57. The van der Waals surface area contributed by atoms with E-state index in [2.05, 4.69) is 22.0 Å². The van der Waals surface area contributed by atoms with Crippen LogP contribution in [0.5, 0.6) is 5.75 Å². The smallest absolute Gasteiger partial charge is 0.143 e. The Labute approximate surface area is 120 Å². The molecule has 0 aliphatic rings. The van der Waals surface area contributed by atoms with E-state index >= 15 is 0 Å². The van der Waals surface area contributed by atoms with Crippen molar-refractivity contribution in [3.63, 3.8) is 0 Å². The molecule has 0 heterocycles. The van der Waals surface area contributed by atoms with Crippen LogP contribution < -0.4 is 10.5 Å². The predicted molar refractivity (Wildman–Crippen MR) is 80.3 cm³/mol. The fourth-order valence-corrected chi connectivity index (χ4v) is 2.97. The minimum atomic E-state index is 0.618. The summed E-state index contributed by atoms with van der Waals surface area (Å²) in [6, 6.07) is 13.9. The summed E-state index contributed by atoms with van der Waals surface area (Å²) in [4.78, 5) is 2.14. The highest BCUT2D eigenvalue weighted by Gasteiger charge is 2.08. The van der Waals surface area contributed by atoms with E-state index in [9.17, 15) is 0 Å². The maximum Gasteiger partial charge on any atom is 0.143 e. The average molecular weight is 324 g/mol. The topological polar surface area (TPSA) is 35.2 Å². The van der Waals surface area contributed by atoms with Gasteiger partial charge in [-0.2, -0.15) is 0 Å². The van der Waals surface area contributed by atoms with Crippen LogP contribution in [0.3, 0.4) is 0 Å². The maximum absolute atomic E-state index is 6.11. The molecular weight excluding hydrogens is 310 g/mol. The van der Waals surface area contributed by atoms with Gasteiger partial charge in [-0.05, 0) is 47.1 Å². The Morgan fingerprint density at radius 3 is 2.56 bits per heavy atom. The summed E-state index contributed by atoms with van der Waals surface area (Å²) < 4.78 is 6.56. The number of hydrogen-bond acceptors (Lipinski definition) is 3. The first kappa shape index (κ1) is 13.3. The predicted octanol–water partition coefficient (Wildman–Crippen LogP) is 4.58. The van der Waals surface area contributed by atoms with Crippen LogP contribution in [0.1, 0.15) is 6.92 Å². The zero-order valence-electron chi connectivity index (χ0n) is 10.0. The molecule has 2 N–H and O–H groups in total. The molecule has 18 heavy (non-hydrogen) atoms. The summed E-state index contributed by atoms with van der Waals surface area (Å²) in [5, 5.41) is 0. The van der Waals surface area contributed by atoms with Crippen molar-refractivity contribution in [3.8, 4) is 5.75 Å². The quantitative estimate of drug-likeness (QED) is 0.836. The van der Waals surface area contributed by atoms with Gasteiger partial charge in [0.05, 0.1) is 12.3 Å². The van der Waals surface area contributed by atoms with Crippen molar-refractivity contribution < 1.29 is 4.74 Å². The molecule has 0 radical (unpaired) electrons. The van der Waals surface area contributed by atoms with Gasteiger partial charge in [0.2, 0.25) is 0 Å². The lowest BCUT2D eigenvalue weighted by atomic mass is 10.3. The van der Waals surface area contributed by atoms with Crippen LogP contribution in [0.15, 0.2) is 56.7 Å². The molecule has 0 saturated carbocycles. The number of benzene rings is 2. The summed E-state index contributed by atoms with van der Waals surface area (Å²) in [6.07, 6.45) is 0. The minimum absolute atomic E-state index is 0.618. The highest BCUT2D eigenvalue weighted by molar-refractivity contribution is 9.10. The van der Waals surface area contributed by atoms with Crippen molar-refractivity contribution in [1.82, 2.24) is 0 Å². The Morgan fingerprint density at radius 2 is 1.83 bits per heavy atom. The molecule has 0 bridgehead atoms. The maximum atomic E-state index is 6.11. The molecule has 0 aliphatic heterocycles. The van der Waals surface area contributed by atoms with Crippen LogP contribution in [0.25, 0.3) is 0 Å². The van der Waals surface area contributed by atoms with E-state index in [1.807, 2.05) is 43.3 Å². The van der Waals surface area contributed by atoms with Gasteiger partial charge in [0.15, 0.2) is 0 Å². The minimum Gasteiger partial charge on any atom is -0.492 e. The third-order valence-electron chi connectivity index (χ3n) is 2.38. The summed E-state index contributed by atoms with van der Waals surface area (Å²) >= 11 is 5.16. The highest BCUT2D eigenvalue weighted by atomic mass is 79.9. The lowest BCUT2D eigenvalue weighted by molar-refractivity contribution is 0.341. The Bertz CT molecular complexity index is 545. The summed E-state index contributed by atoms with van der Waals surface area (Å²) in [6.45, 7) is 2.57. The molecule has 0 aromatic heterocycles. The van der Waals surface area contributed by atoms with Gasteiger partial charge in [-0.3, -0.25) is 0 Å². The Morgan fingerprint density at radius 1 is 1.11 bits per heavy atom. The number of hydrogen-bond donors (Lipinski definition) is 1.